The number of carbonyl (C=O) groups is 2. The quantitative estimate of drug-likeness (QED) is 0.540. The molecule has 0 radical (unpaired) electrons. The summed E-state index contributed by atoms with van der Waals surface area (Å²) < 4.78 is 30.0. The second-order valence-corrected chi connectivity index (χ2v) is 9.15. The highest BCUT2D eigenvalue weighted by molar-refractivity contribution is 9.10. The first-order valence-corrected chi connectivity index (χ1v) is 11.6. The minimum Gasteiger partial charge on any atom is -0.493 e. The van der Waals surface area contributed by atoms with Crippen LogP contribution >= 0.6 is 15.9 Å². The van der Waals surface area contributed by atoms with Gasteiger partial charge in [-0.3, -0.25) is 4.79 Å². The lowest BCUT2D eigenvalue weighted by Crippen LogP contribution is -2.36. The van der Waals surface area contributed by atoms with E-state index in [0.29, 0.717) is 40.3 Å². The number of esters is 1. The Morgan fingerprint density at radius 3 is 2.38 bits per heavy atom. The molecule has 2 aromatic carbocycles. The first kappa shape index (κ1) is 24.0. The molecule has 0 saturated heterocycles. The number of benzene rings is 2. The average molecular weight is 530 g/mol. The zero-order valence-corrected chi connectivity index (χ0v) is 20.9. The number of halogens is 2. The van der Waals surface area contributed by atoms with E-state index >= 15 is 0 Å². The lowest BCUT2D eigenvalue weighted by molar-refractivity contribution is -0.136. The molecule has 1 N–H and O–H groups in total. The second kappa shape index (κ2) is 9.62. The molecule has 178 valence electrons. The van der Waals surface area contributed by atoms with Crippen molar-refractivity contribution in [2.75, 3.05) is 21.3 Å². The summed E-state index contributed by atoms with van der Waals surface area (Å²) in [4.78, 5) is 26.3. The van der Waals surface area contributed by atoms with E-state index < -0.39 is 17.7 Å². The predicted octanol–water partition coefficient (Wildman–Crippen LogP) is 5.14. The van der Waals surface area contributed by atoms with E-state index in [0.717, 1.165) is 11.3 Å². The second-order valence-electron chi connectivity index (χ2n) is 8.30. The van der Waals surface area contributed by atoms with Crippen molar-refractivity contribution in [2.45, 2.75) is 31.6 Å². The normalized spacial score (nSPS) is 20.0. The maximum atomic E-state index is 14.0. The molecule has 0 amide bonds. The number of rotatable bonds is 5. The molecule has 1 heterocycles. The Morgan fingerprint density at radius 1 is 1.03 bits per heavy atom. The summed E-state index contributed by atoms with van der Waals surface area (Å²) in [6.45, 7) is 1.78. The van der Waals surface area contributed by atoms with Crippen molar-refractivity contribution in [2.24, 2.45) is 0 Å². The number of hydrogen-bond acceptors (Lipinski definition) is 6. The van der Waals surface area contributed by atoms with E-state index in [4.69, 9.17) is 14.2 Å². The molecule has 34 heavy (non-hydrogen) atoms. The maximum Gasteiger partial charge on any atom is 0.336 e. The van der Waals surface area contributed by atoms with E-state index in [-0.39, 0.29) is 22.6 Å². The summed E-state index contributed by atoms with van der Waals surface area (Å²) >= 11 is 3.22. The summed E-state index contributed by atoms with van der Waals surface area (Å²) in [6, 6.07) is 10.2. The zero-order chi connectivity index (χ0) is 24.6. The Hall–Kier alpha value is -3.13. The highest BCUT2D eigenvalue weighted by Gasteiger charge is 2.41. The number of Topliss-reactive ketones (excluding diaryl/α,β-unsaturated/α-hetero) is 1. The first-order chi connectivity index (χ1) is 16.3. The Bertz CT molecular complexity index is 1240. The minimum absolute atomic E-state index is 0.0760. The molecule has 0 unspecified atom stereocenters. The van der Waals surface area contributed by atoms with Gasteiger partial charge in [-0.25, -0.2) is 9.18 Å². The van der Waals surface area contributed by atoms with Crippen LogP contribution in [0.2, 0.25) is 0 Å². The molecule has 0 bridgehead atoms. The van der Waals surface area contributed by atoms with Crippen LogP contribution in [0.1, 0.15) is 42.7 Å². The van der Waals surface area contributed by atoms with Gasteiger partial charge < -0.3 is 19.5 Å². The number of nitrogens with one attached hydrogen (secondary N) is 1. The minimum atomic E-state index is -0.653. The number of hydrogen-bond donors (Lipinski definition) is 1. The Kier molecular flexibility index (Phi) is 6.79. The van der Waals surface area contributed by atoms with Crippen molar-refractivity contribution in [3.8, 4) is 11.5 Å². The van der Waals surface area contributed by atoms with Crippen LogP contribution in [0.15, 0.2) is 63.4 Å². The molecule has 2 aliphatic rings. The van der Waals surface area contributed by atoms with Crippen LogP contribution in [0.4, 0.5) is 4.39 Å². The standard InChI is InChI=1S/C26H25BrFNO5/c1-13-23(26(31)34-4)24(15-5-7-18(28)17(27)9-15)25-19(29-13)10-16(11-20(25)30)14-6-8-21(32-2)22(12-14)33-3/h5-9,12,16,24,29H,10-11H2,1-4H3/t16-,24-/m0/s1. The fourth-order valence-electron chi connectivity index (χ4n) is 4.79. The molecule has 2 atom stereocenters. The largest absolute Gasteiger partial charge is 0.493 e. The van der Waals surface area contributed by atoms with Crippen LogP contribution in [0.25, 0.3) is 0 Å². The summed E-state index contributed by atoms with van der Waals surface area (Å²) in [5, 5.41) is 3.29. The smallest absolute Gasteiger partial charge is 0.336 e. The van der Waals surface area contributed by atoms with E-state index in [2.05, 4.69) is 21.2 Å². The number of methoxy groups -OCH3 is 3. The highest BCUT2D eigenvalue weighted by atomic mass is 79.9. The summed E-state index contributed by atoms with van der Waals surface area (Å²) in [7, 11) is 4.46. The average Bonchev–Trinajstić information content (AvgIpc) is 2.83. The zero-order valence-electron chi connectivity index (χ0n) is 19.3. The van der Waals surface area contributed by atoms with Gasteiger partial charge >= 0.3 is 5.97 Å². The molecule has 0 saturated carbocycles. The SMILES string of the molecule is COC(=O)C1=C(C)NC2=C(C(=O)C[C@@H](c3ccc(OC)c(OC)c3)C2)[C@H]1c1ccc(F)c(Br)c1. The van der Waals surface area contributed by atoms with Crippen LogP contribution in [0.3, 0.4) is 0 Å². The fraction of sp³-hybridized carbons (Fsp3) is 0.308. The Balaban J connectivity index is 1.79. The van der Waals surface area contributed by atoms with Gasteiger partial charge in [-0.15, -0.1) is 0 Å². The van der Waals surface area contributed by atoms with Gasteiger partial charge in [-0.05, 0) is 70.6 Å². The maximum absolute atomic E-state index is 14.0. The molecule has 4 rings (SSSR count). The molecule has 2 aromatic rings. The molecule has 6 nitrogen and oxygen atoms in total. The van der Waals surface area contributed by atoms with E-state index in [9.17, 15) is 14.0 Å². The fourth-order valence-corrected chi connectivity index (χ4v) is 5.18. The van der Waals surface area contributed by atoms with Gasteiger partial charge in [-0.2, -0.15) is 0 Å². The van der Waals surface area contributed by atoms with Crippen molar-refractivity contribution in [3.05, 3.63) is 80.4 Å². The Labute approximate surface area is 205 Å². The van der Waals surface area contributed by atoms with Gasteiger partial charge in [-0.1, -0.05) is 12.1 Å². The van der Waals surface area contributed by atoms with Crippen LogP contribution in [-0.4, -0.2) is 33.1 Å². The van der Waals surface area contributed by atoms with Crippen molar-refractivity contribution in [1.29, 1.82) is 0 Å². The third-order valence-corrected chi connectivity index (χ3v) is 7.00. The number of ketones is 1. The number of dihydropyridines is 1. The van der Waals surface area contributed by atoms with Crippen LogP contribution in [0.5, 0.6) is 11.5 Å². The van der Waals surface area contributed by atoms with E-state index in [1.807, 2.05) is 18.2 Å². The third-order valence-electron chi connectivity index (χ3n) is 6.39. The molecule has 1 aliphatic heterocycles. The monoisotopic (exact) mass is 529 g/mol. The first-order valence-electron chi connectivity index (χ1n) is 10.8. The number of allylic oxidation sites excluding steroid dienone is 3. The van der Waals surface area contributed by atoms with Gasteiger partial charge in [0.25, 0.3) is 0 Å². The van der Waals surface area contributed by atoms with Crippen LogP contribution < -0.4 is 14.8 Å². The number of ether oxygens (including phenoxy) is 3. The molecular weight excluding hydrogens is 505 g/mol. The third kappa shape index (κ3) is 4.22. The summed E-state index contributed by atoms with van der Waals surface area (Å²) in [5.41, 5.74) is 3.82. The van der Waals surface area contributed by atoms with Crippen molar-refractivity contribution in [3.63, 3.8) is 0 Å². The van der Waals surface area contributed by atoms with Gasteiger partial charge in [0.1, 0.15) is 5.82 Å². The van der Waals surface area contributed by atoms with Crippen molar-refractivity contribution in [1.82, 2.24) is 5.32 Å². The van der Waals surface area contributed by atoms with Gasteiger partial charge in [0, 0.05) is 29.3 Å². The van der Waals surface area contributed by atoms with Crippen LogP contribution in [0, 0.1) is 5.82 Å². The molecular formula is C26H25BrFNO5. The molecule has 0 aromatic heterocycles. The highest BCUT2D eigenvalue weighted by Crippen LogP contribution is 2.46. The summed E-state index contributed by atoms with van der Waals surface area (Å²) in [5.74, 6) is -0.541. The molecule has 8 heteroatoms. The van der Waals surface area contributed by atoms with Crippen molar-refractivity contribution >= 4 is 27.7 Å². The van der Waals surface area contributed by atoms with Gasteiger partial charge in [0.05, 0.1) is 31.4 Å². The lowest BCUT2D eigenvalue weighted by atomic mass is 9.71. The molecule has 0 spiro atoms. The molecule has 0 fully saturated rings. The van der Waals surface area contributed by atoms with E-state index in [1.165, 1.54) is 13.2 Å². The predicted molar refractivity (Wildman–Crippen MR) is 128 cm³/mol. The van der Waals surface area contributed by atoms with Gasteiger partial charge in [0.2, 0.25) is 0 Å². The molecule has 1 aliphatic carbocycles. The van der Waals surface area contributed by atoms with Gasteiger partial charge in [0.15, 0.2) is 17.3 Å². The van der Waals surface area contributed by atoms with Crippen molar-refractivity contribution < 1.29 is 28.2 Å². The van der Waals surface area contributed by atoms with E-state index in [1.54, 1.807) is 33.3 Å². The Morgan fingerprint density at radius 2 is 1.74 bits per heavy atom. The number of carbonyl (C=O) groups excluding carboxylic acids is 2. The lowest BCUT2D eigenvalue weighted by Gasteiger charge is -2.36. The van der Waals surface area contributed by atoms with Crippen LogP contribution in [-0.2, 0) is 14.3 Å². The summed E-state index contributed by atoms with van der Waals surface area (Å²) in [6.07, 6.45) is 0.837. The topological polar surface area (TPSA) is 73.9 Å².